The number of ketones is 1. The third-order valence-corrected chi connectivity index (χ3v) is 3.66. The summed E-state index contributed by atoms with van der Waals surface area (Å²) in [5.74, 6) is 0.218. The first kappa shape index (κ1) is 13.5. The van der Waals surface area contributed by atoms with Crippen LogP contribution >= 0.6 is 0 Å². The Labute approximate surface area is 124 Å². The molecule has 0 saturated heterocycles. The molecule has 0 aliphatic rings. The molecule has 0 amide bonds. The van der Waals surface area contributed by atoms with Gasteiger partial charge in [-0.1, -0.05) is 36.4 Å². The largest absolute Gasteiger partial charge is 0.300 e. The van der Waals surface area contributed by atoms with E-state index in [0.717, 1.165) is 17.7 Å². The van der Waals surface area contributed by atoms with Gasteiger partial charge >= 0.3 is 0 Å². The zero-order chi connectivity index (χ0) is 14.7. The lowest BCUT2D eigenvalue weighted by atomic mass is 9.95. The molecule has 0 aliphatic heterocycles. The van der Waals surface area contributed by atoms with Gasteiger partial charge in [0.2, 0.25) is 0 Å². The molecule has 1 heterocycles. The standard InChI is InChI=1S/C19H17NO/c1-14(21)9-10-17-12-15-6-2-3-7-16(15)13-18(17)19-8-4-5-11-20-19/h2-8,11-13H,9-10H2,1H3. The van der Waals surface area contributed by atoms with E-state index < -0.39 is 0 Å². The maximum Gasteiger partial charge on any atom is 0.130 e. The molecule has 0 fully saturated rings. The number of fused-ring (bicyclic) bond motifs is 1. The van der Waals surface area contributed by atoms with Crippen molar-refractivity contribution in [1.82, 2.24) is 4.98 Å². The summed E-state index contributed by atoms with van der Waals surface area (Å²) in [6.07, 6.45) is 3.13. The van der Waals surface area contributed by atoms with Crippen LogP contribution in [0.4, 0.5) is 0 Å². The minimum absolute atomic E-state index is 0.218. The van der Waals surface area contributed by atoms with Crippen molar-refractivity contribution in [3.8, 4) is 11.3 Å². The second-order valence-electron chi connectivity index (χ2n) is 5.27. The van der Waals surface area contributed by atoms with Crippen molar-refractivity contribution < 1.29 is 4.79 Å². The van der Waals surface area contributed by atoms with Gasteiger partial charge in [0, 0.05) is 18.2 Å². The number of rotatable bonds is 4. The van der Waals surface area contributed by atoms with Crippen LogP contribution in [0, 0.1) is 0 Å². The van der Waals surface area contributed by atoms with Gasteiger partial charge in [-0.2, -0.15) is 0 Å². The predicted octanol–water partition coefficient (Wildman–Crippen LogP) is 4.42. The number of carbonyl (C=O) groups excluding carboxylic acids is 1. The lowest BCUT2D eigenvalue weighted by Crippen LogP contribution is -1.97. The summed E-state index contributed by atoms with van der Waals surface area (Å²) in [6.45, 7) is 1.64. The van der Waals surface area contributed by atoms with E-state index in [2.05, 4.69) is 29.2 Å². The SMILES string of the molecule is CC(=O)CCc1cc2ccccc2cc1-c1ccccn1. The Morgan fingerprint density at radius 3 is 2.38 bits per heavy atom. The summed E-state index contributed by atoms with van der Waals surface area (Å²) in [5, 5.41) is 2.40. The quantitative estimate of drug-likeness (QED) is 0.705. The van der Waals surface area contributed by atoms with Gasteiger partial charge in [-0.15, -0.1) is 0 Å². The van der Waals surface area contributed by atoms with E-state index in [1.807, 2.05) is 30.3 Å². The molecule has 0 saturated carbocycles. The van der Waals surface area contributed by atoms with Crippen LogP contribution in [0.5, 0.6) is 0 Å². The summed E-state index contributed by atoms with van der Waals surface area (Å²) in [4.78, 5) is 15.8. The number of hydrogen-bond acceptors (Lipinski definition) is 2. The average molecular weight is 275 g/mol. The normalized spacial score (nSPS) is 10.7. The summed E-state index contributed by atoms with van der Waals surface area (Å²) >= 11 is 0. The molecule has 2 nitrogen and oxygen atoms in total. The Balaban J connectivity index is 2.14. The number of Topliss-reactive ketones (excluding diaryl/α,β-unsaturated/α-hetero) is 1. The molecular weight excluding hydrogens is 258 g/mol. The molecule has 0 atom stereocenters. The molecule has 2 aromatic carbocycles. The highest BCUT2D eigenvalue weighted by Crippen LogP contribution is 2.28. The Kier molecular flexibility index (Phi) is 3.78. The first-order chi connectivity index (χ1) is 10.2. The fourth-order valence-corrected chi connectivity index (χ4v) is 2.57. The molecule has 0 bridgehead atoms. The number of aromatic nitrogens is 1. The Morgan fingerprint density at radius 1 is 1.00 bits per heavy atom. The minimum Gasteiger partial charge on any atom is -0.300 e. The molecule has 3 aromatic rings. The van der Waals surface area contributed by atoms with Crippen molar-refractivity contribution in [1.29, 1.82) is 0 Å². The van der Waals surface area contributed by atoms with Gasteiger partial charge in [0.1, 0.15) is 5.78 Å². The van der Waals surface area contributed by atoms with E-state index in [1.165, 1.54) is 16.3 Å². The Hall–Kier alpha value is -2.48. The number of aryl methyl sites for hydroxylation is 1. The van der Waals surface area contributed by atoms with Gasteiger partial charge in [0.05, 0.1) is 5.69 Å². The molecule has 0 radical (unpaired) electrons. The van der Waals surface area contributed by atoms with Crippen LogP contribution in [-0.4, -0.2) is 10.8 Å². The van der Waals surface area contributed by atoms with Gasteiger partial charge in [0.25, 0.3) is 0 Å². The monoisotopic (exact) mass is 275 g/mol. The summed E-state index contributed by atoms with van der Waals surface area (Å²) in [7, 11) is 0. The van der Waals surface area contributed by atoms with Crippen LogP contribution in [0.2, 0.25) is 0 Å². The second kappa shape index (κ2) is 5.88. The highest BCUT2D eigenvalue weighted by Gasteiger charge is 2.09. The van der Waals surface area contributed by atoms with E-state index >= 15 is 0 Å². The van der Waals surface area contributed by atoms with E-state index in [4.69, 9.17) is 0 Å². The lowest BCUT2D eigenvalue weighted by Gasteiger charge is -2.11. The molecule has 1 aromatic heterocycles. The molecule has 104 valence electrons. The zero-order valence-corrected chi connectivity index (χ0v) is 12.0. The van der Waals surface area contributed by atoms with Crippen molar-refractivity contribution in [2.45, 2.75) is 19.8 Å². The average Bonchev–Trinajstić information content (AvgIpc) is 2.53. The number of benzene rings is 2. The van der Waals surface area contributed by atoms with Crippen molar-refractivity contribution in [2.75, 3.05) is 0 Å². The number of carbonyl (C=O) groups is 1. The van der Waals surface area contributed by atoms with Gasteiger partial charge < -0.3 is 4.79 Å². The van der Waals surface area contributed by atoms with Gasteiger partial charge in [0.15, 0.2) is 0 Å². The van der Waals surface area contributed by atoms with E-state index in [1.54, 1.807) is 13.1 Å². The van der Waals surface area contributed by atoms with Crippen LogP contribution in [0.25, 0.3) is 22.0 Å². The van der Waals surface area contributed by atoms with E-state index in [-0.39, 0.29) is 5.78 Å². The number of hydrogen-bond donors (Lipinski definition) is 0. The molecular formula is C19H17NO. The fraction of sp³-hybridized carbons (Fsp3) is 0.158. The fourth-order valence-electron chi connectivity index (χ4n) is 2.57. The van der Waals surface area contributed by atoms with Crippen LogP contribution in [-0.2, 0) is 11.2 Å². The van der Waals surface area contributed by atoms with Crippen molar-refractivity contribution >= 4 is 16.6 Å². The molecule has 3 rings (SSSR count). The van der Waals surface area contributed by atoms with Gasteiger partial charge in [-0.3, -0.25) is 4.98 Å². The smallest absolute Gasteiger partial charge is 0.130 e. The van der Waals surface area contributed by atoms with Crippen molar-refractivity contribution in [3.05, 3.63) is 66.4 Å². The highest BCUT2D eigenvalue weighted by atomic mass is 16.1. The molecule has 0 unspecified atom stereocenters. The summed E-state index contributed by atoms with van der Waals surface area (Å²) in [6, 6.07) is 18.6. The number of nitrogens with zero attached hydrogens (tertiary/aromatic N) is 1. The lowest BCUT2D eigenvalue weighted by molar-refractivity contribution is -0.116. The van der Waals surface area contributed by atoms with Gasteiger partial charge in [-0.05, 0) is 47.9 Å². The predicted molar refractivity (Wildman–Crippen MR) is 86.2 cm³/mol. The Morgan fingerprint density at radius 2 is 1.71 bits per heavy atom. The van der Waals surface area contributed by atoms with Crippen LogP contribution < -0.4 is 0 Å². The third kappa shape index (κ3) is 3.00. The maximum absolute atomic E-state index is 11.3. The van der Waals surface area contributed by atoms with Crippen LogP contribution in [0.15, 0.2) is 60.8 Å². The van der Waals surface area contributed by atoms with E-state index in [9.17, 15) is 4.79 Å². The summed E-state index contributed by atoms with van der Waals surface area (Å²) < 4.78 is 0. The molecule has 0 aliphatic carbocycles. The first-order valence-electron chi connectivity index (χ1n) is 7.16. The highest BCUT2D eigenvalue weighted by molar-refractivity contribution is 5.89. The van der Waals surface area contributed by atoms with Crippen molar-refractivity contribution in [2.24, 2.45) is 0 Å². The van der Waals surface area contributed by atoms with Crippen LogP contribution in [0.1, 0.15) is 18.9 Å². The molecule has 21 heavy (non-hydrogen) atoms. The topological polar surface area (TPSA) is 30.0 Å². The maximum atomic E-state index is 11.3. The third-order valence-electron chi connectivity index (χ3n) is 3.66. The van der Waals surface area contributed by atoms with Gasteiger partial charge in [-0.25, -0.2) is 0 Å². The zero-order valence-electron chi connectivity index (χ0n) is 12.0. The van der Waals surface area contributed by atoms with E-state index in [0.29, 0.717) is 6.42 Å². The Bertz CT molecular complexity index is 778. The molecule has 2 heteroatoms. The number of pyridine rings is 1. The first-order valence-corrected chi connectivity index (χ1v) is 7.16. The van der Waals surface area contributed by atoms with Crippen LogP contribution in [0.3, 0.4) is 0 Å². The minimum atomic E-state index is 0.218. The molecule has 0 spiro atoms. The summed E-state index contributed by atoms with van der Waals surface area (Å²) in [5.41, 5.74) is 3.26. The second-order valence-corrected chi connectivity index (χ2v) is 5.27. The molecule has 0 N–H and O–H groups in total. The van der Waals surface area contributed by atoms with Crippen molar-refractivity contribution in [3.63, 3.8) is 0 Å².